The molecule has 0 aliphatic carbocycles. The molecule has 2 N–H and O–H groups in total. The molecule has 1 aliphatic rings. The number of urea groups is 1. The first-order valence-electron chi connectivity index (χ1n) is 7.97. The van der Waals surface area contributed by atoms with Crippen molar-refractivity contribution in [2.24, 2.45) is 0 Å². The molecular weight excluding hydrogens is 321 g/mol. The van der Waals surface area contributed by atoms with Crippen molar-refractivity contribution in [2.75, 3.05) is 45.1 Å². The van der Waals surface area contributed by atoms with E-state index in [1.165, 1.54) is 19.2 Å². The smallest absolute Gasteiger partial charge is 0.341 e. The zero-order chi connectivity index (χ0) is 17.7. The van der Waals surface area contributed by atoms with Crippen LogP contribution in [0.15, 0.2) is 18.2 Å². The van der Waals surface area contributed by atoms with Gasteiger partial charge >= 0.3 is 12.2 Å². The van der Waals surface area contributed by atoms with Gasteiger partial charge in [0.2, 0.25) is 0 Å². The molecule has 0 saturated carbocycles. The number of alkyl halides is 3. The molecule has 2 amide bonds. The molecule has 0 radical (unpaired) electrons. The van der Waals surface area contributed by atoms with Gasteiger partial charge < -0.3 is 15.5 Å². The molecule has 1 saturated heterocycles. The Morgan fingerprint density at radius 1 is 1.17 bits per heavy atom. The van der Waals surface area contributed by atoms with E-state index in [1.54, 1.807) is 0 Å². The van der Waals surface area contributed by atoms with Crippen LogP contribution < -0.4 is 10.6 Å². The lowest BCUT2D eigenvalue weighted by Crippen LogP contribution is -2.45. The number of nitrogens with one attached hydrogen (secondary N) is 2. The summed E-state index contributed by atoms with van der Waals surface area (Å²) in [6.45, 7) is 6.54. The SMILES string of the molecule is CCN1CCN(Cc2ccc(NC(=O)NC)cc2C(F)(F)F)CC1. The van der Waals surface area contributed by atoms with Crippen LogP contribution in [-0.2, 0) is 12.7 Å². The Balaban J connectivity index is 2.15. The van der Waals surface area contributed by atoms with E-state index in [2.05, 4.69) is 22.5 Å². The minimum absolute atomic E-state index is 0.126. The average molecular weight is 344 g/mol. The van der Waals surface area contributed by atoms with Crippen LogP contribution in [-0.4, -0.2) is 55.6 Å². The summed E-state index contributed by atoms with van der Waals surface area (Å²) in [6.07, 6.45) is -4.46. The highest BCUT2D eigenvalue weighted by Crippen LogP contribution is 2.34. The second kappa shape index (κ2) is 7.85. The van der Waals surface area contributed by atoms with Gasteiger partial charge in [0.1, 0.15) is 0 Å². The molecular formula is C16H23F3N4O. The minimum Gasteiger partial charge on any atom is -0.341 e. The standard InChI is InChI=1S/C16H23F3N4O/c1-3-22-6-8-23(9-7-22)11-12-4-5-13(21-15(24)20-2)10-14(12)16(17,18)19/h4-5,10H,3,6-9,11H2,1-2H3,(H2,20,21,24). The van der Waals surface area contributed by atoms with Gasteiger partial charge in [0.15, 0.2) is 0 Å². The second-order valence-corrected chi connectivity index (χ2v) is 5.78. The topological polar surface area (TPSA) is 47.6 Å². The van der Waals surface area contributed by atoms with Gasteiger partial charge in [-0.3, -0.25) is 4.90 Å². The maximum atomic E-state index is 13.4. The van der Waals surface area contributed by atoms with Crippen LogP contribution in [0.3, 0.4) is 0 Å². The highest BCUT2D eigenvalue weighted by Gasteiger charge is 2.34. The van der Waals surface area contributed by atoms with Crippen LogP contribution in [0.25, 0.3) is 0 Å². The summed E-state index contributed by atoms with van der Waals surface area (Å²) in [5, 5.41) is 4.70. The lowest BCUT2D eigenvalue weighted by atomic mass is 10.0. The van der Waals surface area contributed by atoms with Crippen molar-refractivity contribution in [1.82, 2.24) is 15.1 Å². The summed E-state index contributed by atoms with van der Waals surface area (Å²) in [6, 6.07) is 3.39. The van der Waals surface area contributed by atoms with E-state index >= 15 is 0 Å². The fourth-order valence-electron chi connectivity index (χ4n) is 2.75. The number of hydrogen-bond donors (Lipinski definition) is 2. The number of likely N-dealkylation sites (N-methyl/N-ethyl adjacent to an activating group) is 1. The highest BCUT2D eigenvalue weighted by molar-refractivity contribution is 5.89. The molecule has 0 bridgehead atoms. The summed E-state index contributed by atoms with van der Waals surface area (Å²) in [4.78, 5) is 15.6. The molecule has 1 fully saturated rings. The Labute approximate surface area is 139 Å². The van der Waals surface area contributed by atoms with Gasteiger partial charge in [0, 0.05) is 45.5 Å². The number of carbonyl (C=O) groups is 1. The highest BCUT2D eigenvalue weighted by atomic mass is 19.4. The molecule has 1 aliphatic heterocycles. The number of hydrogen-bond acceptors (Lipinski definition) is 3. The van der Waals surface area contributed by atoms with E-state index in [4.69, 9.17) is 0 Å². The van der Waals surface area contributed by atoms with E-state index in [0.29, 0.717) is 0 Å². The van der Waals surface area contributed by atoms with Crippen LogP contribution in [0, 0.1) is 0 Å². The monoisotopic (exact) mass is 344 g/mol. The van der Waals surface area contributed by atoms with E-state index in [0.717, 1.165) is 38.8 Å². The fraction of sp³-hybridized carbons (Fsp3) is 0.562. The van der Waals surface area contributed by atoms with Crippen molar-refractivity contribution in [3.05, 3.63) is 29.3 Å². The number of carbonyl (C=O) groups excluding carboxylic acids is 1. The van der Waals surface area contributed by atoms with Gasteiger partial charge in [-0.1, -0.05) is 13.0 Å². The van der Waals surface area contributed by atoms with E-state index in [-0.39, 0.29) is 17.8 Å². The van der Waals surface area contributed by atoms with Crippen molar-refractivity contribution in [1.29, 1.82) is 0 Å². The van der Waals surface area contributed by atoms with Crippen molar-refractivity contribution in [2.45, 2.75) is 19.6 Å². The molecule has 1 heterocycles. The number of nitrogens with zero attached hydrogens (tertiary/aromatic N) is 2. The zero-order valence-corrected chi connectivity index (χ0v) is 13.9. The predicted molar refractivity (Wildman–Crippen MR) is 86.9 cm³/mol. The van der Waals surface area contributed by atoms with Crippen molar-refractivity contribution in [3.8, 4) is 0 Å². The van der Waals surface area contributed by atoms with Crippen LogP contribution in [0.1, 0.15) is 18.1 Å². The molecule has 2 rings (SSSR count). The van der Waals surface area contributed by atoms with Gasteiger partial charge in [0.05, 0.1) is 5.56 Å². The maximum Gasteiger partial charge on any atom is 0.416 e. The lowest BCUT2D eigenvalue weighted by Gasteiger charge is -2.34. The van der Waals surface area contributed by atoms with Crippen LogP contribution >= 0.6 is 0 Å². The Hall–Kier alpha value is -1.80. The lowest BCUT2D eigenvalue weighted by molar-refractivity contribution is -0.138. The maximum absolute atomic E-state index is 13.4. The normalized spacial score (nSPS) is 16.9. The third-order valence-electron chi connectivity index (χ3n) is 4.21. The predicted octanol–water partition coefficient (Wildman–Crippen LogP) is 2.59. The molecule has 1 aromatic rings. The number of amides is 2. The Morgan fingerprint density at radius 3 is 2.33 bits per heavy atom. The quantitative estimate of drug-likeness (QED) is 0.883. The number of anilines is 1. The summed E-state index contributed by atoms with van der Waals surface area (Å²) in [7, 11) is 1.41. The van der Waals surface area contributed by atoms with E-state index in [1.807, 2.05) is 4.90 Å². The molecule has 5 nitrogen and oxygen atoms in total. The van der Waals surface area contributed by atoms with Crippen molar-refractivity contribution >= 4 is 11.7 Å². The molecule has 0 atom stereocenters. The first-order valence-corrected chi connectivity index (χ1v) is 7.97. The summed E-state index contributed by atoms with van der Waals surface area (Å²) >= 11 is 0. The Kier molecular flexibility index (Phi) is 6.06. The average Bonchev–Trinajstić information content (AvgIpc) is 2.55. The van der Waals surface area contributed by atoms with Crippen molar-refractivity contribution in [3.63, 3.8) is 0 Å². The summed E-state index contributed by atoms with van der Waals surface area (Å²) in [5.74, 6) is 0. The van der Waals surface area contributed by atoms with Gasteiger partial charge in [-0.15, -0.1) is 0 Å². The second-order valence-electron chi connectivity index (χ2n) is 5.78. The molecule has 0 aromatic heterocycles. The third-order valence-corrected chi connectivity index (χ3v) is 4.21. The first kappa shape index (κ1) is 18.5. The molecule has 24 heavy (non-hydrogen) atoms. The largest absolute Gasteiger partial charge is 0.416 e. The fourth-order valence-corrected chi connectivity index (χ4v) is 2.75. The molecule has 0 unspecified atom stereocenters. The van der Waals surface area contributed by atoms with Gasteiger partial charge in [0.25, 0.3) is 0 Å². The first-order chi connectivity index (χ1) is 11.3. The minimum atomic E-state index is -4.46. The van der Waals surface area contributed by atoms with Crippen LogP contribution in [0.2, 0.25) is 0 Å². The molecule has 0 spiro atoms. The number of rotatable bonds is 4. The van der Waals surface area contributed by atoms with E-state index < -0.39 is 17.8 Å². The molecule has 8 heteroatoms. The van der Waals surface area contributed by atoms with Gasteiger partial charge in [-0.25, -0.2) is 4.79 Å². The van der Waals surface area contributed by atoms with Gasteiger partial charge in [-0.2, -0.15) is 13.2 Å². The molecule has 1 aromatic carbocycles. The van der Waals surface area contributed by atoms with Crippen molar-refractivity contribution < 1.29 is 18.0 Å². The number of benzene rings is 1. The Bertz CT molecular complexity index is 569. The summed E-state index contributed by atoms with van der Waals surface area (Å²) in [5.41, 5.74) is -0.342. The summed E-state index contributed by atoms with van der Waals surface area (Å²) < 4.78 is 40.1. The Morgan fingerprint density at radius 2 is 1.79 bits per heavy atom. The zero-order valence-electron chi connectivity index (χ0n) is 13.9. The van der Waals surface area contributed by atoms with Gasteiger partial charge in [-0.05, 0) is 24.2 Å². The van der Waals surface area contributed by atoms with E-state index in [9.17, 15) is 18.0 Å². The third kappa shape index (κ3) is 4.85. The molecule has 134 valence electrons. The number of piperazine rings is 1. The number of halogens is 3. The van der Waals surface area contributed by atoms with Crippen LogP contribution in [0.5, 0.6) is 0 Å². The van der Waals surface area contributed by atoms with Crippen LogP contribution in [0.4, 0.5) is 23.7 Å².